The van der Waals surface area contributed by atoms with Crippen molar-refractivity contribution in [2.75, 3.05) is 6.61 Å². The van der Waals surface area contributed by atoms with Crippen molar-refractivity contribution in [1.29, 1.82) is 0 Å². The van der Waals surface area contributed by atoms with Crippen molar-refractivity contribution in [2.24, 2.45) is 0 Å². The molecule has 1 N–H and O–H groups in total. The summed E-state index contributed by atoms with van der Waals surface area (Å²) < 4.78 is 0. The smallest absolute Gasteiger partial charge is 0.0540 e. The largest absolute Gasteiger partial charge is 0.395 e. The maximum Gasteiger partial charge on any atom is 0.0540 e. The molecule has 0 aromatic heterocycles. The van der Waals surface area contributed by atoms with Gasteiger partial charge in [-0.2, -0.15) is 0 Å². The Bertz CT molecular complexity index is 322. The highest BCUT2D eigenvalue weighted by atomic mass is 79.9. The highest BCUT2D eigenvalue weighted by Gasteiger charge is 1.90. The van der Waals surface area contributed by atoms with Gasteiger partial charge in [-0.3, -0.25) is 0 Å². The van der Waals surface area contributed by atoms with Gasteiger partial charge in [-0.25, -0.2) is 0 Å². The summed E-state index contributed by atoms with van der Waals surface area (Å²) in [6, 6.07) is 8.04. The Morgan fingerprint density at radius 3 is 2.92 bits per heavy atom. The lowest BCUT2D eigenvalue weighted by molar-refractivity contribution is 0.305. The Kier molecular flexibility index (Phi) is 4.59. The zero-order chi connectivity index (χ0) is 9.52. The lowest BCUT2D eigenvalue weighted by atomic mass is 10.1. The molecule has 0 saturated carbocycles. The van der Waals surface area contributed by atoms with Crippen molar-refractivity contribution in [3.05, 3.63) is 35.4 Å². The van der Waals surface area contributed by atoms with Crippen LogP contribution in [0.15, 0.2) is 24.3 Å². The van der Waals surface area contributed by atoms with Crippen LogP contribution in [0, 0.1) is 11.8 Å². The van der Waals surface area contributed by atoms with Crippen LogP contribution in [-0.2, 0) is 5.33 Å². The zero-order valence-electron chi connectivity index (χ0n) is 7.26. The second-order valence-electron chi connectivity index (χ2n) is 2.61. The second-order valence-corrected chi connectivity index (χ2v) is 3.17. The molecule has 0 aliphatic carbocycles. The summed E-state index contributed by atoms with van der Waals surface area (Å²) in [4.78, 5) is 0. The third kappa shape index (κ3) is 3.63. The van der Waals surface area contributed by atoms with E-state index in [2.05, 4.69) is 27.8 Å². The Morgan fingerprint density at radius 2 is 2.23 bits per heavy atom. The first kappa shape index (κ1) is 10.3. The minimum absolute atomic E-state index is 0.130. The number of aliphatic hydroxyl groups is 1. The van der Waals surface area contributed by atoms with Crippen LogP contribution in [0.2, 0.25) is 0 Å². The van der Waals surface area contributed by atoms with E-state index in [0.717, 1.165) is 10.9 Å². The Labute approximate surface area is 86.9 Å². The van der Waals surface area contributed by atoms with E-state index in [9.17, 15) is 0 Å². The van der Waals surface area contributed by atoms with Crippen LogP contribution < -0.4 is 0 Å². The van der Waals surface area contributed by atoms with Crippen LogP contribution in [0.1, 0.15) is 17.5 Å². The maximum absolute atomic E-state index is 8.54. The van der Waals surface area contributed by atoms with Crippen LogP contribution >= 0.6 is 15.9 Å². The molecule has 0 saturated heterocycles. The van der Waals surface area contributed by atoms with Crippen LogP contribution in [-0.4, -0.2) is 11.7 Å². The van der Waals surface area contributed by atoms with E-state index in [4.69, 9.17) is 5.11 Å². The lowest BCUT2D eigenvalue weighted by Gasteiger charge is -1.94. The van der Waals surface area contributed by atoms with Gasteiger partial charge in [0.05, 0.1) is 6.61 Å². The lowest BCUT2D eigenvalue weighted by Crippen LogP contribution is -1.80. The SMILES string of the molecule is OCCC#Cc1cccc(CBr)c1. The molecule has 0 unspecified atom stereocenters. The monoisotopic (exact) mass is 238 g/mol. The van der Waals surface area contributed by atoms with Crippen molar-refractivity contribution < 1.29 is 5.11 Å². The van der Waals surface area contributed by atoms with Gasteiger partial charge in [-0.15, -0.1) is 0 Å². The average molecular weight is 239 g/mol. The van der Waals surface area contributed by atoms with Crippen LogP contribution in [0.25, 0.3) is 0 Å². The van der Waals surface area contributed by atoms with Crippen molar-refractivity contribution in [1.82, 2.24) is 0 Å². The molecule has 2 heteroatoms. The highest BCUT2D eigenvalue weighted by molar-refractivity contribution is 9.08. The molecular formula is C11H11BrO. The zero-order valence-corrected chi connectivity index (χ0v) is 8.84. The Balaban J connectivity index is 2.73. The van der Waals surface area contributed by atoms with Crippen LogP contribution in [0.3, 0.4) is 0 Å². The molecule has 0 aliphatic rings. The third-order valence-electron chi connectivity index (χ3n) is 1.55. The van der Waals surface area contributed by atoms with Crippen LogP contribution in [0.4, 0.5) is 0 Å². The molecule has 68 valence electrons. The molecule has 0 atom stereocenters. The molecule has 1 rings (SSSR count). The summed E-state index contributed by atoms with van der Waals surface area (Å²) in [7, 11) is 0. The van der Waals surface area contributed by atoms with Crippen molar-refractivity contribution >= 4 is 15.9 Å². The van der Waals surface area contributed by atoms with E-state index in [-0.39, 0.29) is 6.61 Å². The van der Waals surface area contributed by atoms with E-state index in [1.807, 2.05) is 24.3 Å². The van der Waals surface area contributed by atoms with Gasteiger partial charge in [0.1, 0.15) is 0 Å². The van der Waals surface area contributed by atoms with E-state index >= 15 is 0 Å². The molecule has 0 fully saturated rings. The molecule has 0 bridgehead atoms. The molecule has 1 aromatic carbocycles. The van der Waals surface area contributed by atoms with Crippen LogP contribution in [0.5, 0.6) is 0 Å². The van der Waals surface area contributed by atoms with Gasteiger partial charge in [-0.05, 0) is 17.7 Å². The fourth-order valence-electron chi connectivity index (χ4n) is 0.953. The number of hydrogen-bond donors (Lipinski definition) is 1. The second kappa shape index (κ2) is 5.80. The summed E-state index contributed by atoms with van der Waals surface area (Å²) in [5.41, 5.74) is 2.22. The molecule has 0 heterocycles. The first-order chi connectivity index (χ1) is 6.36. The molecule has 0 amide bonds. The fourth-order valence-corrected chi connectivity index (χ4v) is 1.30. The Morgan fingerprint density at radius 1 is 1.38 bits per heavy atom. The molecule has 0 spiro atoms. The van der Waals surface area contributed by atoms with Gasteiger partial charge in [0.25, 0.3) is 0 Å². The average Bonchev–Trinajstić information content (AvgIpc) is 2.19. The van der Waals surface area contributed by atoms with Crippen molar-refractivity contribution in [3.8, 4) is 11.8 Å². The number of rotatable bonds is 2. The predicted octanol–water partition coefficient (Wildman–Crippen LogP) is 2.32. The topological polar surface area (TPSA) is 20.2 Å². The van der Waals surface area contributed by atoms with Gasteiger partial charge in [0, 0.05) is 17.3 Å². The first-order valence-electron chi connectivity index (χ1n) is 4.11. The minimum Gasteiger partial charge on any atom is -0.395 e. The molecular weight excluding hydrogens is 228 g/mol. The normalized spacial score (nSPS) is 9.08. The predicted molar refractivity (Wildman–Crippen MR) is 57.7 cm³/mol. The summed E-state index contributed by atoms with van der Waals surface area (Å²) in [5, 5.41) is 9.38. The molecule has 0 radical (unpaired) electrons. The number of benzene rings is 1. The highest BCUT2D eigenvalue weighted by Crippen LogP contribution is 2.07. The van der Waals surface area contributed by atoms with Gasteiger partial charge < -0.3 is 5.11 Å². The summed E-state index contributed by atoms with van der Waals surface area (Å²) in [6.45, 7) is 0.130. The minimum atomic E-state index is 0.130. The quantitative estimate of drug-likeness (QED) is 0.620. The maximum atomic E-state index is 8.54. The van der Waals surface area contributed by atoms with Gasteiger partial charge in [0.15, 0.2) is 0 Å². The van der Waals surface area contributed by atoms with Gasteiger partial charge >= 0.3 is 0 Å². The Hall–Kier alpha value is -0.780. The van der Waals surface area contributed by atoms with E-state index < -0.39 is 0 Å². The molecule has 13 heavy (non-hydrogen) atoms. The van der Waals surface area contributed by atoms with Crippen molar-refractivity contribution in [2.45, 2.75) is 11.8 Å². The summed E-state index contributed by atoms with van der Waals surface area (Å²) in [6.07, 6.45) is 0.540. The van der Waals surface area contributed by atoms with Crippen molar-refractivity contribution in [3.63, 3.8) is 0 Å². The number of halogens is 1. The number of aliphatic hydroxyl groups excluding tert-OH is 1. The molecule has 1 aromatic rings. The molecule has 1 nitrogen and oxygen atoms in total. The van der Waals surface area contributed by atoms with Gasteiger partial charge in [-0.1, -0.05) is 39.9 Å². The summed E-state index contributed by atoms with van der Waals surface area (Å²) >= 11 is 3.39. The number of alkyl halides is 1. The van der Waals surface area contributed by atoms with Gasteiger partial charge in [0.2, 0.25) is 0 Å². The standard InChI is InChI=1S/C11H11BrO/c12-9-11-6-3-5-10(8-11)4-1-2-7-13/h3,5-6,8,13H,2,7,9H2. The summed E-state index contributed by atoms with van der Waals surface area (Å²) in [5.74, 6) is 5.88. The molecule has 0 aliphatic heterocycles. The number of hydrogen-bond acceptors (Lipinski definition) is 1. The van der Waals surface area contributed by atoms with E-state index in [0.29, 0.717) is 6.42 Å². The first-order valence-corrected chi connectivity index (χ1v) is 5.23. The third-order valence-corrected chi connectivity index (χ3v) is 2.20. The fraction of sp³-hybridized carbons (Fsp3) is 0.273. The van der Waals surface area contributed by atoms with E-state index in [1.165, 1.54) is 5.56 Å². The van der Waals surface area contributed by atoms with E-state index in [1.54, 1.807) is 0 Å².